The van der Waals surface area contributed by atoms with Crippen LogP contribution in [-0.4, -0.2) is 74.2 Å². The maximum atomic E-state index is 13.8. The Balaban J connectivity index is 0.997. The number of hydrogen-bond donors (Lipinski definition) is 6. The number of aryl methyl sites for hydroxylation is 4. The fourth-order valence-corrected chi connectivity index (χ4v) is 13.0. The van der Waals surface area contributed by atoms with Gasteiger partial charge in [-0.05, 0) is 159 Å². The summed E-state index contributed by atoms with van der Waals surface area (Å²) in [5, 5.41) is 27.9. The number of nitrogens with zero attached hydrogens (tertiary/aromatic N) is 2. The summed E-state index contributed by atoms with van der Waals surface area (Å²) in [5.74, 6) is -0.0526. The number of carboxylic acids is 1. The zero-order chi connectivity index (χ0) is 47.5. The number of amides is 1. The number of rotatable bonds is 12. The number of carboxylic acid groups (broad SMARTS) is 1. The smallest absolute Gasteiger partial charge is 0.338 e. The Kier molecular flexibility index (Phi) is 12.6. The van der Waals surface area contributed by atoms with Gasteiger partial charge >= 0.3 is 11.9 Å². The van der Waals surface area contributed by atoms with Gasteiger partial charge in [-0.15, -0.1) is 0 Å². The van der Waals surface area contributed by atoms with Crippen molar-refractivity contribution in [3.8, 4) is 5.75 Å². The summed E-state index contributed by atoms with van der Waals surface area (Å²) in [6, 6.07) is 12.4. The molecule has 2 fully saturated rings. The van der Waals surface area contributed by atoms with Crippen LogP contribution < -0.4 is 10.6 Å². The van der Waals surface area contributed by atoms with Gasteiger partial charge in [0.05, 0.1) is 36.2 Å². The molecule has 67 heavy (non-hydrogen) atoms. The molecule has 3 aliphatic carbocycles. The van der Waals surface area contributed by atoms with Gasteiger partial charge in [-0.3, -0.25) is 14.6 Å². The van der Waals surface area contributed by atoms with Crippen LogP contribution in [0.15, 0.2) is 43.0 Å². The molecule has 1 amide bonds. The van der Waals surface area contributed by atoms with E-state index >= 15 is 0 Å². The minimum Gasteiger partial charge on any atom is -0.508 e. The van der Waals surface area contributed by atoms with E-state index in [9.17, 15) is 24.6 Å². The molecule has 12 nitrogen and oxygen atoms in total. The van der Waals surface area contributed by atoms with Crippen molar-refractivity contribution in [2.24, 2.45) is 17.3 Å². The summed E-state index contributed by atoms with van der Waals surface area (Å²) in [5.41, 5.74) is 13.5. The molecule has 0 spiro atoms. The third-order valence-electron chi connectivity index (χ3n) is 16.7. The fourth-order valence-electron chi connectivity index (χ4n) is 13.0. The molecule has 2 aliphatic heterocycles. The fraction of sp³-hybridized carbons (Fsp3) is 0.473. The standard InChI is InChI=1S/C55H66N6O6/c1-9-34-28(3)42-25-44-30(5)36(15-18-49(63)57-22-21-56-48-17-16-41-39-13-11-32-23-33(62)12-14-37(32)38(39)19-20-55(41,48)7)52(60-44)40(24-50(64)67-8)53-51(54(65)66)31(6)45(61-53)27-47-35(10-2)29(4)43(59-47)26-46(34)58-42/h9,12,14,23,25-27,30,36,38-39,41,48,56,58-59,62H,1,10-11,13,15-22,24H2,2-8H3,(H,57,63)(H,65,66)/t30?,36?,38-,39-,41+,48?,55+/m1/s1. The number of carbonyl (C=O) groups is 3. The predicted octanol–water partition coefficient (Wildman–Crippen LogP) is 9.87. The van der Waals surface area contributed by atoms with E-state index in [1.807, 2.05) is 30.3 Å². The molecule has 5 heterocycles. The first-order valence-electron chi connectivity index (χ1n) is 24.4. The van der Waals surface area contributed by atoms with Crippen molar-refractivity contribution in [1.29, 1.82) is 0 Å². The summed E-state index contributed by atoms with van der Waals surface area (Å²) >= 11 is 0. The summed E-state index contributed by atoms with van der Waals surface area (Å²) in [6.45, 7) is 17.9. The molecule has 3 unspecified atom stereocenters. The molecule has 0 saturated heterocycles. The van der Waals surface area contributed by atoms with Crippen LogP contribution in [-0.2, 0) is 38.4 Å². The number of esters is 1. The highest BCUT2D eigenvalue weighted by molar-refractivity contribution is 6.24. The Morgan fingerprint density at radius 1 is 0.955 bits per heavy atom. The quantitative estimate of drug-likeness (QED) is 0.0596. The van der Waals surface area contributed by atoms with E-state index in [0.29, 0.717) is 71.6 Å². The average molecular weight is 907 g/mol. The molecule has 2 saturated carbocycles. The molecule has 0 radical (unpaired) electrons. The maximum absolute atomic E-state index is 13.8. The second-order valence-electron chi connectivity index (χ2n) is 20.1. The molecule has 9 rings (SSSR count). The van der Waals surface area contributed by atoms with E-state index in [0.717, 1.165) is 82.1 Å². The molecular weight excluding hydrogens is 841 g/mol. The topological polar surface area (TPSA) is 182 Å². The van der Waals surface area contributed by atoms with E-state index in [-0.39, 0.29) is 47.3 Å². The van der Waals surface area contributed by atoms with Crippen LogP contribution in [0.25, 0.3) is 39.3 Å². The van der Waals surface area contributed by atoms with Gasteiger partial charge in [0.15, 0.2) is 0 Å². The number of H-pyrrole nitrogens is 2. The number of hydrogen-bond acceptors (Lipinski definition) is 8. The number of allylic oxidation sites excluding steroid dienone is 1. The SMILES string of the molecule is C=Cc1c(C)c2cc3nc(c(CC(=O)OC)c4nc(cc5[nH]c(cc1[nH]2)c(C)c5CC)C(C)=C4C(=O)O)C(CCC(=O)NCCNC1CC[C@H]2[C@@H]4CCc5cc(O)ccc5[C@H]4CC[C@]12C)C3C. The molecule has 4 aromatic rings. The van der Waals surface area contributed by atoms with Crippen LogP contribution in [0.4, 0.5) is 0 Å². The summed E-state index contributed by atoms with van der Waals surface area (Å²) < 4.78 is 5.21. The molecule has 5 aliphatic rings. The monoisotopic (exact) mass is 907 g/mol. The van der Waals surface area contributed by atoms with Crippen LogP contribution in [0.1, 0.15) is 152 Å². The molecule has 1 aromatic carbocycles. The number of nitrogens with one attached hydrogen (secondary N) is 4. The Morgan fingerprint density at radius 3 is 2.48 bits per heavy atom. The summed E-state index contributed by atoms with van der Waals surface area (Å²) in [4.78, 5) is 57.7. The first-order chi connectivity index (χ1) is 32.1. The second-order valence-corrected chi connectivity index (χ2v) is 20.1. The molecule has 8 bridgehead atoms. The highest BCUT2D eigenvalue weighted by atomic mass is 16.5. The Labute approximate surface area is 393 Å². The number of phenols is 1. The molecule has 3 aromatic heterocycles. The van der Waals surface area contributed by atoms with Crippen molar-refractivity contribution >= 4 is 57.1 Å². The number of carbonyl (C=O) groups excluding carboxylic acids is 2. The Morgan fingerprint density at radius 2 is 1.73 bits per heavy atom. The lowest BCUT2D eigenvalue weighted by Crippen LogP contribution is -2.49. The van der Waals surface area contributed by atoms with Crippen molar-refractivity contribution in [2.45, 2.75) is 130 Å². The minimum absolute atomic E-state index is 0.0140. The predicted molar refractivity (Wildman–Crippen MR) is 264 cm³/mol. The summed E-state index contributed by atoms with van der Waals surface area (Å²) in [7, 11) is 1.32. The first-order valence-corrected chi connectivity index (χ1v) is 24.4. The van der Waals surface area contributed by atoms with Gasteiger partial charge in [-0.25, -0.2) is 9.78 Å². The van der Waals surface area contributed by atoms with Crippen LogP contribution in [0.2, 0.25) is 0 Å². The zero-order valence-corrected chi connectivity index (χ0v) is 40.1. The highest BCUT2D eigenvalue weighted by Gasteiger charge is 2.54. The van der Waals surface area contributed by atoms with Gasteiger partial charge in [0.25, 0.3) is 0 Å². The lowest BCUT2D eigenvalue weighted by molar-refractivity contribution is -0.140. The van der Waals surface area contributed by atoms with E-state index in [2.05, 4.69) is 73.9 Å². The van der Waals surface area contributed by atoms with E-state index in [1.165, 1.54) is 31.1 Å². The molecule has 6 N–H and O–H groups in total. The van der Waals surface area contributed by atoms with E-state index in [4.69, 9.17) is 14.7 Å². The number of methoxy groups -OCH3 is 1. The van der Waals surface area contributed by atoms with Crippen molar-refractivity contribution in [3.05, 3.63) is 105 Å². The third kappa shape index (κ3) is 8.19. The number of aromatic amines is 2. The number of benzene rings is 1. The van der Waals surface area contributed by atoms with Crippen LogP contribution in [0.5, 0.6) is 5.75 Å². The number of aromatic hydroxyl groups is 1. The third-order valence-corrected chi connectivity index (χ3v) is 16.7. The van der Waals surface area contributed by atoms with Crippen molar-refractivity contribution in [3.63, 3.8) is 0 Å². The molecule has 7 atom stereocenters. The zero-order valence-electron chi connectivity index (χ0n) is 40.1. The number of phenolic OH excluding ortho intramolecular Hbond substituents is 1. The van der Waals surface area contributed by atoms with Gasteiger partial charge < -0.3 is 35.6 Å². The normalized spacial score (nSPS) is 24.2. The lowest BCUT2D eigenvalue weighted by atomic mass is 9.55. The second kappa shape index (κ2) is 18.2. The lowest BCUT2D eigenvalue weighted by Gasteiger charge is -2.51. The molecular formula is C55H66N6O6. The van der Waals surface area contributed by atoms with Crippen LogP contribution in [0, 0.1) is 31.1 Å². The van der Waals surface area contributed by atoms with Crippen LogP contribution in [0.3, 0.4) is 0 Å². The van der Waals surface area contributed by atoms with E-state index < -0.39 is 11.9 Å². The molecule has 12 heteroatoms. The van der Waals surface area contributed by atoms with Gasteiger partial charge in [0.1, 0.15) is 5.75 Å². The first kappa shape index (κ1) is 46.1. The van der Waals surface area contributed by atoms with Gasteiger partial charge in [0.2, 0.25) is 5.91 Å². The van der Waals surface area contributed by atoms with Gasteiger partial charge in [-0.1, -0.05) is 39.5 Å². The largest absolute Gasteiger partial charge is 0.508 e. The minimum atomic E-state index is -1.15. The highest BCUT2D eigenvalue weighted by Crippen LogP contribution is 2.61. The number of ether oxygens (including phenoxy) is 1. The van der Waals surface area contributed by atoms with Gasteiger partial charge in [0, 0.05) is 76.3 Å². The van der Waals surface area contributed by atoms with Crippen LogP contribution >= 0.6 is 0 Å². The Hall–Kier alpha value is -6.01. The number of aromatic nitrogens is 4. The number of fused-ring (bicyclic) bond motifs is 13. The van der Waals surface area contributed by atoms with Gasteiger partial charge in [-0.2, -0.15) is 0 Å². The maximum Gasteiger partial charge on any atom is 0.338 e. The average Bonchev–Trinajstić information content (AvgIpc) is 4.07. The molecule has 352 valence electrons. The van der Waals surface area contributed by atoms with Crippen molar-refractivity contribution < 1.29 is 29.3 Å². The van der Waals surface area contributed by atoms with E-state index in [1.54, 1.807) is 6.92 Å². The summed E-state index contributed by atoms with van der Waals surface area (Å²) in [6.07, 6.45) is 9.86. The Bertz CT molecular complexity index is 2890. The number of aliphatic carboxylic acids is 1. The van der Waals surface area contributed by atoms with Crippen molar-refractivity contribution in [1.82, 2.24) is 30.6 Å². The van der Waals surface area contributed by atoms with Crippen molar-refractivity contribution in [2.75, 3.05) is 20.2 Å².